The molecular weight excluding hydrogens is 224 g/mol. The van der Waals surface area contributed by atoms with Crippen LogP contribution in [0.1, 0.15) is 20.3 Å². The Bertz CT molecular complexity index is 372. The molecule has 0 spiro atoms. The lowest BCUT2D eigenvalue weighted by atomic mass is 10.2. The normalized spacial score (nSPS) is 10.2. The quantitative estimate of drug-likeness (QED) is 0.740. The van der Waals surface area contributed by atoms with E-state index in [1.807, 2.05) is 0 Å². The van der Waals surface area contributed by atoms with Crippen molar-refractivity contribution < 1.29 is 0 Å². The fourth-order valence-corrected chi connectivity index (χ4v) is 1.56. The van der Waals surface area contributed by atoms with Crippen LogP contribution in [0.15, 0.2) is 12.4 Å². The molecule has 5 heteroatoms. The van der Waals surface area contributed by atoms with Crippen LogP contribution >= 0.6 is 11.6 Å². The van der Waals surface area contributed by atoms with Crippen LogP contribution in [0, 0.1) is 17.2 Å². The Morgan fingerprint density at radius 2 is 2.25 bits per heavy atom. The molecule has 0 atom stereocenters. The molecule has 0 aliphatic carbocycles. The molecule has 0 aromatic carbocycles. The molecule has 0 amide bonds. The first-order valence-corrected chi connectivity index (χ1v) is 5.60. The van der Waals surface area contributed by atoms with Crippen molar-refractivity contribution >= 4 is 17.4 Å². The van der Waals surface area contributed by atoms with Crippen molar-refractivity contribution in [1.82, 2.24) is 9.97 Å². The summed E-state index contributed by atoms with van der Waals surface area (Å²) in [5, 5.41) is 9.04. The van der Waals surface area contributed by atoms with Crippen LogP contribution in [0.4, 0.5) is 5.82 Å². The molecule has 0 saturated heterocycles. The molecule has 1 aromatic heterocycles. The summed E-state index contributed by atoms with van der Waals surface area (Å²) < 4.78 is 0. The molecule has 1 heterocycles. The molecule has 86 valence electrons. The molecule has 0 fully saturated rings. The summed E-state index contributed by atoms with van der Waals surface area (Å²) in [6, 6.07) is 3.86. The van der Waals surface area contributed by atoms with Crippen LogP contribution < -0.4 is 4.90 Å². The van der Waals surface area contributed by atoms with E-state index in [2.05, 4.69) is 34.8 Å². The predicted molar refractivity (Wildman–Crippen MR) is 64.3 cm³/mol. The first kappa shape index (κ1) is 12.7. The predicted octanol–water partition coefficient (Wildman–Crippen LogP) is 2.51. The van der Waals surface area contributed by atoms with Gasteiger partial charge in [0.05, 0.1) is 12.5 Å². The van der Waals surface area contributed by atoms with Gasteiger partial charge in [-0.3, -0.25) is 0 Å². The number of aromatic nitrogens is 2. The highest BCUT2D eigenvalue weighted by molar-refractivity contribution is 6.29. The summed E-state index contributed by atoms with van der Waals surface area (Å²) in [4.78, 5) is 10.1. The zero-order valence-corrected chi connectivity index (χ0v) is 10.3. The van der Waals surface area contributed by atoms with Crippen molar-refractivity contribution in [3.63, 3.8) is 0 Å². The maximum Gasteiger partial charge on any atom is 0.134 e. The van der Waals surface area contributed by atoms with Gasteiger partial charge in [-0.2, -0.15) is 5.26 Å². The van der Waals surface area contributed by atoms with Gasteiger partial charge < -0.3 is 4.90 Å². The molecule has 0 aliphatic heterocycles. The molecule has 0 aliphatic rings. The van der Waals surface area contributed by atoms with E-state index in [0.29, 0.717) is 24.0 Å². The topological polar surface area (TPSA) is 52.8 Å². The van der Waals surface area contributed by atoms with Gasteiger partial charge in [-0.15, -0.1) is 0 Å². The molecule has 1 aromatic rings. The molecular formula is C11H15ClN4. The summed E-state index contributed by atoms with van der Waals surface area (Å²) in [7, 11) is 0. The van der Waals surface area contributed by atoms with E-state index in [9.17, 15) is 0 Å². The van der Waals surface area contributed by atoms with Crippen molar-refractivity contribution in [2.45, 2.75) is 20.3 Å². The summed E-state index contributed by atoms with van der Waals surface area (Å²) in [6.07, 6.45) is 1.92. The second kappa shape index (κ2) is 6.29. The molecule has 16 heavy (non-hydrogen) atoms. The van der Waals surface area contributed by atoms with Gasteiger partial charge in [0.1, 0.15) is 17.3 Å². The zero-order chi connectivity index (χ0) is 12.0. The lowest BCUT2D eigenvalue weighted by molar-refractivity contribution is 0.607. The Morgan fingerprint density at radius 1 is 1.50 bits per heavy atom. The Morgan fingerprint density at radius 3 is 2.81 bits per heavy atom. The number of halogens is 1. The van der Waals surface area contributed by atoms with Gasteiger partial charge in [-0.25, -0.2) is 9.97 Å². The third kappa shape index (κ3) is 4.03. The highest BCUT2D eigenvalue weighted by Gasteiger charge is 2.10. The molecule has 0 N–H and O–H groups in total. The van der Waals surface area contributed by atoms with Gasteiger partial charge >= 0.3 is 0 Å². The second-order valence-electron chi connectivity index (χ2n) is 3.95. The third-order valence-corrected chi connectivity index (χ3v) is 2.23. The molecule has 0 saturated carbocycles. The van der Waals surface area contributed by atoms with Gasteiger partial charge in [0.15, 0.2) is 0 Å². The number of rotatable bonds is 5. The van der Waals surface area contributed by atoms with Crippen molar-refractivity contribution in [3.8, 4) is 6.07 Å². The summed E-state index contributed by atoms with van der Waals surface area (Å²) in [6.45, 7) is 5.78. The van der Waals surface area contributed by atoms with Crippen molar-refractivity contribution in [2.24, 2.45) is 5.92 Å². The SMILES string of the molecule is CC(C)CN(CCC#N)c1cc(Cl)ncn1. The highest BCUT2D eigenvalue weighted by Crippen LogP contribution is 2.15. The molecule has 0 radical (unpaired) electrons. The molecule has 0 unspecified atom stereocenters. The van der Waals surface area contributed by atoms with Crippen molar-refractivity contribution in [2.75, 3.05) is 18.0 Å². The van der Waals surface area contributed by atoms with Crippen molar-refractivity contribution in [3.05, 3.63) is 17.5 Å². The number of hydrogen-bond acceptors (Lipinski definition) is 4. The largest absolute Gasteiger partial charge is 0.355 e. The maximum absolute atomic E-state index is 8.62. The first-order chi connectivity index (χ1) is 7.63. The smallest absolute Gasteiger partial charge is 0.134 e. The lowest BCUT2D eigenvalue weighted by Gasteiger charge is -2.24. The fraction of sp³-hybridized carbons (Fsp3) is 0.545. The highest BCUT2D eigenvalue weighted by atomic mass is 35.5. The van der Waals surface area contributed by atoms with E-state index in [-0.39, 0.29) is 0 Å². The van der Waals surface area contributed by atoms with E-state index >= 15 is 0 Å². The minimum atomic E-state index is 0.427. The standard InChI is InChI=1S/C11H15ClN4/c1-9(2)7-16(5-3-4-13)11-6-10(12)14-8-15-11/h6,8-9H,3,5,7H2,1-2H3. The monoisotopic (exact) mass is 238 g/mol. The number of nitriles is 1. The average molecular weight is 239 g/mol. The second-order valence-corrected chi connectivity index (χ2v) is 4.33. The van der Waals surface area contributed by atoms with E-state index in [0.717, 1.165) is 12.4 Å². The Labute approximate surface area is 101 Å². The molecule has 0 bridgehead atoms. The average Bonchev–Trinajstić information content (AvgIpc) is 2.23. The zero-order valence-electron chi connectivity index (χ0n) is 9.52. The van der Waals surface area contributed by atoms with Gasteiger partial charge in [0, 0.05) is 19.2 Å². The number of anilines is 1. The van der Waals surface area contributed by atoms with Crippen molar-refractivity contribution in [1.29, 1.82) is 5.26 Å². The minimum Gasteiger partial charge on any atom is -0.355 e. The number of nitrogens with zero attached hydrogens (tertiary/aromatic N) is 4. The fourth-order valence-electron chi connectivity index (χ4n) is 1.42. The maximum atomic E-state index is 8.62. The number of hydrogen-bond donors (Lipinski definition) is 0. The van der Waals surface area contributed by atoms with E-state index < -0.39 is 0 Å². The van der Waals surface area contributed by atoms with E-state index in [1.165, 1.54) is 6.33 Å². The third-order valence-electron chi connectivity index (χ3n) is 2.02. The van der Waals surface area contributed by atoms with Crippen LogP contribution in [-0.2, 0) is 0 Å². The summed E-state index contributed by atoms with van der Waals surface area (Å²) >= 11 is 5.82. The van der Waals surface area contributed by atoms with Crippen LogP contribution in [0.5, 0.6) is 0 Å². The Balaban J connectivity index is 2.79. The first-order valence-electron chi connectivity index (χ1n) is 5.23. The van der Waals surface area contributed by atoms with Gasteiger partial charge in [0.25, 0.3) is 0 Å². The van der Waals surface area contributed by atoms with Crippen LogP contribution in [0.3, 0.4) is 0 Å². The van der Waals surface area contributed by atoms with Crippen LogP contribution in [0.25, 0.3) is 0 Å². The van der Waals surface area contributed by atoms with Crippen LogP contribution in [0.2, 0.25) is 5.15 Å². The molecule has 4 nitrogen and oxygen atoms in total. The molecule has 1 rings (SSSR count). The van der Waals surface area contributed by atoms with Gasteiger partial charge in [-0.1, -0.05) is 25.4 Å². The van der Waals surface area contributed by atoms with E-state index in [1.54, 1.807) is 6.07 Å². The van der Waals surface area contributed by atoms with Gasteiger partial charge in [0.2, 0.25) is 0 Å². The summed E-state index contributed by atoms with van der Waals surface area (Å²) in [5.41, 5.74) is 0. The van der Waals surface area contributed by atoms with Crippen LogP contribution in [-0.4, -0.2) is 23.1 Å². The van der Waals surface area contributed by atoms with Gasteiger partial charge in [-0.05, 0) is 5.92 Å². The Kier molecular flexibility index (Phi) is 5.00. The van der Waals surface area contributed by atoms with E-state index in [4.69, 9.17) is 16.9 Å². The Hall–Kier alpha value is -1.34. The summed E-state index contributed by atoms with van der Waals surface area (Å²) in [5.74, 6) is 1.29. The lowest BCUT2D eigenvalue weighted by Crippen LogP contribution is -2.29. The minimum absolute atomic E-state index is 0.427.